The number of benzene rings is 2. The molecule has 2 aliphatic heterocycles. The minimum Gasteiger partial charge on any atom is -0.387 e. The van der Waals surface area contributed by atoms with Gasteiger partial charge in [-0.2, -0.15) is 0 Å². The number of carbonyl (C=O) groups is 1. The van der Waals surface area contributed by atoms with Gasteiger partial charge in [0.15, 0.2) is 18.9 Å². The third kappa shape index (κ3) is 3.42. The Morgan fingerprint density at radius 2 is 1.46 bits per heavy atom. The molecule has 6 atom stereocenters. The number of aliphatic hydroxyl groups excluding tert-OH is 1. The highest BCUT2D eigenvalue weighted by Gasteiger charge is 2.46. The predicted molar refractivity (Wildman–Crippen MR) is 91.0 cm³/mol. The first kappa shape index (κ1) is 17.3. The number of hydrogen-bond acceptors (Lipinski definition) is 6. The molecule has 0 spiro atoms. The van der Waals surface area contributed by atoms with E-state index in [1.165, 1.54) is 0 Å². The fraction of sp³-hybridized carbons (Fsp3) is 0.350. The van der Waals surface area contributed by atoms with Crippen molar-refractivity contribution in [1.82, 2.24) is 0 Å². The van der Waals surface area contributed by atoms with Gasteiger partial charge in [0.1, 0.15) is 24.4 Å². The first-order valence-electron chi connectivity index (χ1n) is 8.57. The van der Waals surface area contributed by atoms with Gasteiger partial charge in [0.05, 0.1) is 6.61 Å². The minimum absolute atomic E-state index is 0.258. The zero-order valence-electron chi connectivity index (χ0n) is 14.0. The Bertz CT molecular complexity index is 722. The van der Waals surface area contributed by atoms with Gasteiger partial charge < -0.3 is 28.8 Å². The van der Waals surface area contributed by atoms with Crippen LogP contribution < -0.4 is 0 Å². The Labute approximate surface area is 151 Å². The molecular formula is C20H20O6. The van der Waals surface area contributed by atoms with Crippen LogP contribution in [0.4, 0.5) is 0 Å². The van der Waals surface area contributed by atoms with E-state index in [-0.39, 0.29) is 6.61 Å². The number of aldehydes is 1. The molecule has 2 fully saturated rings. The maximum atomic E-state index is 11.4. The zero-order valence-corrected chi connectivity index (χ0v) is 14.0. The van der Waals surface area contributed by atoms with Crippen molar-refractivity contribution >= 4 is 6.29 Å². The Kier molecular flexibility index (Phi) is 5.10. The molecule has 6 unspecified atom stereocenters. The summed E-state index contributed by atoms with van der Waals surface area (Å²) < 4.78 is 23.2. The molecule has 2 aromatic carbocycles. The SMILES string of the molecule is O=CC1OC(c2ccccc2)OC(C2COC(c3ccccc3)O2)C1O. The highest BCUT2D eigenvalue weighted by atomic mass is 16.8. The summed E-state index contributed by atoms with van der Waals surface area (Å²) in [5, 5.41) is 10.5. The van der Waals surface area contributed by atoms with Crippen molar-refractivity contribution in [2.24, 2.45) is 0 Å². The molecule has 2 aromatic rings. The van der Waals surface area contributed by atoms with Crippen LogP contribution in [0.3, 0.4) is 0 Å². The van der Waals surface area contributed by atoms with Crippen LogP contribution in [0.5, 0.6) is 0 Å². The van der Waals surface area contributed by atoms with E-state index in [9.17, 15) is 9.90 Å². The van der Waals surface area contributed by atoms with Gasteiger partial charge in [-0.15, -0.1) is 0 Å². The van der Waals surface area contributed by atoms with Crippen LogP contribution in [-0.2, 0) is 23.7 Å². The Morgan fingerprint density at radius 3 is 2.08 bits per heavy atom. The average Bonchev–Trinajstić information content (AvgIpc) is 3.19. The molecule has 6 heteroatoms. The van der Waals surface area contributed by atoms with Crippen LogP contribution >= 0.6 is 0 Å². The second kappa shape index (κ2) is 7.65. The van der Waals surface area contributed by atoms with Crippen molar-refractivity contribution in [1.29, 1.82) is 0 Å². The number of carbonyl (C=O) groups excluding carboxylic acids is 1. The smallest absolute Gasteiger partial charge is 0.185 e. The summed E-state index contributed by atoms with van der Waals surface area (Å²) in [6.45, 7) is 0.258. The van der Waals surface area contributed by atoms with Crippen LogP contribution in [0.25, 0.3) is 0 Å². The highest BCUT2D eigenvalue weighted by molar-refractivity contribution is 5.57. The molecule has 1 N–H and O–H groups in total. The van der Waals surface area contributed by atoms with Crippen LogP contribution in [-0.4, -0.2) is 42.4 Å². The standard InChI is InChI=1S/C20H20O6/c21-11-15-17(22)18(26-20(24-15)14-9-5-2-6-10-14)16-12-23-19(25-16)13-7-3-1-4-8-13/h1-11,15-20,22H,12H2. The lowest BCUT2D eigenvalue weighted by atomic mass is 10.0. The summed E-state index contributed by atoms with van der Waals surface area (Å²) in [6.07, 6.45) is -4.04. The minimum atomic E-state index is -1.13. The van der Waals surface area contributed by atoms with Crippen LogP contribution in [0.2, 0.25) is 0 Å². The Balaban J connectivity index is 1.51. The van der Waals surface area contributed by atoms with Gasteiger partial charge in [0.2, 0.25) is 0 Å². The summed E-state index contributed by atoms with van der Waals surface area (Å²) in [5.41, 5.74) is 1.66. The molecular weight excluding hydrogens is 336 g/mol. The van der Waals surface area contributed by atoms with Gasteiger partial charge in [-0.3, -0.25) is 0 Å². The van der Waals surface area contributed by atoms with Crippen molar-refractivity contribution in [3.8, 4) is 0 Å². The normalized spacial score (nSPS) is 34.5. The van der Waals surface area contributed by atoms with Gasteiger partial charge in [-0.25, -0.2) is 0 Å². The van der Waals surface area contributed by atoms with Crippen molar-refractivity contribution in [2.45, 2.75) is 37.0 Å². The predicted octanol–water partition coefficient (Wildman–Crippen LogP) is 2.14. The van der Waals surface area contributed by atoms with E-state index >= 15 is 0 Å². The first-order chi connectivity index (χ1) is 12.8. The van der Waals surface area contributed by atoms with Crippen LogP contribution in [0.1, 0.15) is 23.7 Å². The molecule has 0 saturated carbocycles. The summed E-state index contributed by atoms with van der Waals surface area (Å²) in [6, 6.07) is 18.8. The molecule has 2 heterocycles. The van der Waals surface area contributed by atoms with E-state index in [1.54, 1.807) is 0 Å². The van der Waals surface area contributed by atoms with E-state index in [0.717, 1.165) is 11.1 Å². The van der Waals surface area contributed by atoms with Gasteiger partial charge in [0.25, 0.3) is 0 Å². The van der Waals surface area contributed by atoms with E-state index in [4.69, 9.17) is 18.9 Å². The summed E-state index contributed by atoms with van der Waals surface area (Å²) in [4.78, 5) is 11.4. The molecule has 26 heavy (non-hydrogen) atoms. The Hall–Kier alpha value is -2.09. The van der Waals surface area contributed by atoms with Crippen molar-refractivity contribution in [2.75, 3.05) is 6.61 Å². The van der Waals surface area contributed by atoms with Gasteiger partial charge >= 0.3 is 0 Å². The van der Waals surface area contributed by atoms with Crippen molar-refractivity contribution < 1.29 is 28.8 Å². The lowest BCUT2D eigenvalue weighted by molar-refractivity contribution is -0.296. The molecule has 2 saturated heterocycles. The summed E-state index contributed by atoms with van der Waals surface area (Å²) in [7, 11) is 0. The van der Waals surface area contributed by atoms with Gasteiger partial charge in [-0.05, 0) is 0 Å². The zero-order chi connectivity index (χ0) is 17.9. The second-order valence-electron chi connectivity index (χ2n) is 6.32. The number of rotatable bonds is 4. The molecule has 6 nitrogen and oxygen atoms in total. The van der Waals surface area contributed by atoms with Crippen LogP contribution in [0, 0.1) is 0 Å². The van der Waals surface area contributed by atoms with Crippen molar-refractivity contribution in [3.05, 3.63) is 71.8 Å². The van der Waals surface area contributed by atoms with Gasteiger partial charge in [0, 0.05) is 11.1 Å². The quantitative estimate of drug-likeness (QED) is 0.846. The molecule has 0 radical (unpaired) electrons. The van der Waals surface area contributed by atoms with E-state index in [0.29, 0.717) is 6.29 Å². The summed E-state index contributed by atoms with van der Waals surface area (Å²) >= 11 is 0. The molecule has 0 amide bonds. The fourth-order valence-electron chi connectivity index (χ4n) is 3.23. The lowest BCUT2D eigenvalue weighted by Crippen LogP contribution is -2.53. The van der Waals surface area contributed by atoms with Crippen LogP contribution in [0.15, 0.2) is 60.7 Å². The molecule has 2 aliphatic rings. The van der Waals surface area contributed by atoms with E-state index in [2.05, 4.69) is 0 Å². The fourth-order valence-corrected chi connectivity index (χ4v) is 3.23. The third-order valence-corrected chi connectivity index (χ3v) is 4.59. The topological polar surface area (TPSA) is 74.2 Å². The Morgan fingerprint density at radius 1 is 0.846 bits per heavy atom. The maximum absolute atomic E-state index is 11.4. The largest absolute Gasteiger partial charge is 0.387 e. The maximum Gasteiger partial charge on any atom is 0.185 e. The molecule has 0 bridgehead atoms. The number of hydrogen-bond donors (Lipinski definition) is 1. The van der Waals surface area contributed by atoms with Gasteiger partial charge in [-0.1, -0.05) is 60.7 Å². The van der Waals surface area contributed by atoms with E-state index in [1.807, 2.05) is 60.7 Å². The van der Waals surface area contributed by atoms with Crippen molar-refractivity contribution in [3.63, 3.8) is 0 Å². The van der Waals surface area contributed by atoms with E-state index < -0.39 is 37.0 Å². The summed E-state index contributed by atoms with van der Waals surface area (Å²) in [5.74, 6) is 0. The molecule has 4 rings (SSSR count). The molecule has 0 aliphatic carbocycles. The highest BCUT2D eigenvalue weighted by Crippen LogP contribution is 2.36. The second-order valence-corrected chi connectivity index (χ2v) is 6.32. The molecule has 0 aromatic heterocycles. The molecule has 136 valence electrons. The number of aliphatic hydroxyl groups is 1. The first-order valence-corrected chi connectivity index (χ1v) is 8.57. The third-order valence-electron chi connectivity index (χ3n) is 4.59. The monoisotopic (exact) mass is 356 g/mol. The average molecular weight is 356 g/mol. The lowest BCUT2D eigenvalue weighted by Gasteiger charge is -2.39. The number of ether oxygens (including phenoxy) is 4.